The maximum Gasteiger partial charge on any atom is 0.243 e. The van der Waals surface area contributed by atoms with Crippen LogP contribution in [0.15, 0.2) is 57.9 Å². The third-order valence-corrected chi connectivity index (χ3v) is 7.78. The molecule has 0 aliphatic heterocycles. The number of nitrogens with one attached hydrogen (secondary N) is 1. The van der Waals surface area contributed by atoms with Crippen LogP contribution in [0, 0.1) is 6.92 Å². The van der Waals surface area contributed by atoms with Gasteiger partial charge >= 0.3 is 0 Å². The molecule has 31 heavy (non-hydrogen) atoms. The summed E-state index contributed by atoms with van der Waals surface area (Å²) in [5.41, 5.74) is 2.05. The van der Waals surface area contributed by atoms with Crippen molar-refractivity contribution in [3.8, 4) is 10.6 Å². The Morgan fingerprint density at radius 1 is 1.13 bits per heavy atom. The average Bonchev–Trinajstić information content (AvgIpc) is 3.19. The Labute approximate surface area is 194 Å². The molecular weight excluding hydrogens is 500 g/mol. The second-order valence-electron chi connectivity index (χ2n) is 6.94. The van der Waals surface area contributed by atoms with Gasteiger partial charge in [-0.05, 0) is 43.7 Å². The maximum atomic E-state index is 13.0. The summed E-state index contributed by atoms with van der Waals surface area (Å²) in [6, 6.07) is 14.4. The molecule has 0 bridgehead atoms. The fourth-order valence-corrected chi connectivity index (χ4v) is 5.49. The summed E-state index contributed by atoms with van der Waals surface area (Å²) in [6.07, 6.45) is 0.669. The molecule has 10 heteroatoms. The number of aromatic nitrogens is 2. The van der Waals surface area contributed by atoms with Gasteiger partial charge in [0, 0.05) is 29.5 Å². The van der Waals surface area contributed by atoms with Crippen molar-refractivity contribution in [1.82, 2.24) is 14.5 Å². The smallest absolute Gasteiger partial charge is 0.243 e. The first-order chi connectivity index (χ1) is 14.8. The van der Waals surface area contributed by atoms with Crippen LogP contribution in [0.4, 0.5) is 5.13 Å². The van der Waals surface area contributed by atoms with Crippen molar-refractivity contribution in [2.75, 3.05) is 18.4 Å². The molecule has 1 amide bonds. The van der Waals surface area contributed by atoms with E-state index in [-0.39, 0.29) is 23.8 Å². The van der Waals surface area contributed by atoms with Gasteiger partial charge in [-0.1, -0.05) is 58.0 Å². The van der Waals surface area contributed by atoms with Gasteiger partial charge in [0.15, 0.2) is 0 Å². The van der Waals surface area contributed by atoms with Crippen molar-refractivity contribution in [3.63, 3.8) is 0 Å². The standard InChI is InChI=1S/C21H23BrN4O3S2/c1-3-12-26(31(28,29)18-9-7-17(22)8-10-18)13-11-19(27)23-21-25-24-20(30-21)16-6-4-5-15(2)14-16/h4-10,14H,3,11-13H2,1-2H3,(H,23,25,27). The highest BCUT2D eigenvalue weighted by Gasteiger charge is 2.24. The van der Waals surface area contributed by atoms with Crippen molar-refractivity contribution in [2.24, 2.45) is 0 Å². The van der Waals surface area contributed by atoms with E-state index in [1.54, 1.807) is 24.3 Å². The number of rotatable bonds is 9. The van der Waals surface area contributed by atoms with Gasteiger partial charge in [0.25, 0.3) is 0 Å². The predicted molar refractivity (Wildman–Crippen MR) is 127 cm³/mol. The molecule has 3 aromatic rings. The number of halogens is 1. The molecule has 164 valence electrons. The highest BCUT2D eigenvalue weighted by molar-refractivity contribution is 9.10. The number of hydrogen-bond donors (Lipinski definition) is 1. The van der Waals surface area contributed by atoms with Gasteiger partial charge in [-0.2, -0.15) is 4.31 Å². The van der Waals surface area contributed by atoms with E-state index in [4.69, 9.17) is 0 Å². The van der Waals surface area contributed by atoms with Gasteiger partial charge in [0.2, 0.25) is 21.1 Å². The molecule has 0 saturated heterocycles. The maximum absolute atomic E-state index is 13.0. The predicted octanol–water partition coefficient (Wildman–Crippen LogP) is 4.71. The molecule has 0 radical (unpaired) electrons. The number of amides is 1. The van der Waals surface area contributed by atoms with Crippen molar-refractivity contribution < 1.29 is 13.2 Å². The first kappa shape index (κ1) is 23.5. The molecule has 1 aromatic heterocycles. The van der Waals surface area contributed by atoms with E-state index in [0.29, 0.717) is 23.1 Å². The van der Waals surface area contributed by atoms with Crippen LogP contribution >= 0.6 is 27.3 Å². The van der Waals surface area contributed by atoms with Gasteiger partial charge in [-0.3, -0.25) is 4.79 Å². The fourth-order valence-electron chi connectivity index (χ4n) is 2.93. The molecule has 0 saturated carbocycles. The Morgan fingerprint density at radius 2 is 1.87 bits per heavy atom. The van der Waals surface area contributed by atoms with E-state index in [2.05, 4.69) is 31.4 Å². The molecule has 0 aliphatic carbocycles. The Hall–Kier alpha value is -2.14. The van der Waals surface area contributed by atoms with Crippen LogP contribution < -0.4 is 5.32 Å². The number of aryl methyl sites for hydroxylation is 1. The zero-order chi connectivity index (χ0) is 22.4. The topological polar surface area (TPSA) is 92.3 Å². The summed E-state index contributed by atoms with van der Waals surface area (Å²) in [7, 11) is -3.68. The van der Waals surface area contributed by atoms with Gasteiger partial charge in [-0.25, -0.2) is 8.42 Å². The molecule has 0 spiro atoms. The van der Waals surface area contributed by atoms with E-state index >= 15 is 0 Å². The lowest BCUT2D eigenvalue weighted by atomic mass is 10.1. The third-order valence-electron chi connectivity index (χ3n) is 4.45. The molecule has 0 fully saturated rings. The van der Waals surface area contributed by atoms with E-state index in [9.17, 15) is 13.2 Å². The highest BCUT2D eigenvalue weighted by atomic mass is 79.9. The van der Waals surface area contributed by atoms with Crippen LogP contribution in [0.5, 0.6) is 0 Å². The zero-order valence-electron chi connectivity index (χ0n) is 17.2. The van der Waals surface area contributed by atoms with Gasteiger partial charge in [0.1, 0.15) is 5.01 Å². The minimum atomic E-state index is -3.68. The quantitative estimate of drug-likeness (QED) is 0.439. The molecule has 1 heterocycles. The number of nitrogens with zero attached hydrogens (tertiary/aromatic N) is 3. The van der Waals surface area contributed by atoms with Crippen LogP contribution in [-0.4, -0.2) is 41.9 Å². The number of benzene rings is 2. The molecule has 0 aliphatic rings. The lowest BCUT2D eigenvalue weighted by Gasteiger charge is -2.21. The summed E-state index contributed by atoms with van der Waals surface area (Å²) in [6.45, 7) is 4.32. The second-order valence-corrected chi connectivity index (χ2v) is 10.8. The van der Waals surface area contributed by atoms with Crippen molar-refractivity contribution in [1.29, 1.82) is 0 Å². The van der Waals surface area contributed by atoms with Gasteiger partial charge in [0.05, 0.1) is 4.90 Å². The molecule has 3 rings (SSSR count). The Kier molecular flexibility index (Phi) is 7.93. The molecule has 0 unspecified atom stereocenters. The highest BCUT2D eigenvalue weighted by Crippen LogP contribution is 2.27. The Bertz CT molecular complexity index is 1150. The number of sulfonamides is 1. The molecule has 0 atom stereocenters. The van der Waals surface area contributed by atoms with Crippen LogP contribution in [0.3, 0.4) is 0 Å². The Morgan fingerprint density at radius 3 is 2.55 bits per heavy atom. The van der Waals surface area contributed by atoms with Crippen LogP contribution in [-0.2, 0) is 14.8 Å². The van der Waals surface area contributed by atoms with Crippen molar-refractivity contribution >= 4 is 48.3 Å². The summed E-state index contributed by atoms with van der Waals surface area (Å²) in [5.74, 6) is -0.306. The van der Waals surface area contributed by atoms with Crippen LogP contribution in [0.1, 0.15) is 25.3 Å². The molecule has 2 aromatic carbocycles. The third kappa shape index (κ3) is 6.19. The minimum Gasteiger partial charge on any atom is -0.300 e. The van der Waals surface area contributed by atoms with Gasteiger partial charge < -0.3 is 5.32 Å². The molecular formula is C21H23BrN4O3S2. The Balaban J connectivity index is 1.63. The van der Waals surface area contributed by atoms with Gasteiger partial charge in [-0.15, -0.1) is 10.2 Å². The average molecular weight is 523 g/mol. The number of carbonyl (C=O) groups is 1. The van der Waals surface area contributed by atoms with Crippen LogP contribution in [0.2, 0.25) is 0 Å². The lowest BCUT2D eigenvalue weighted by Crippen LogP contribution is -2.34. The normalized spacial score (nSPS) is 11.6. The first-order valence-electron chi connectivity index (χ1n) is 9.75. The zero-order valence-corrected chi connectivity index (χ0v) is 20.4. The first-order valence-corrected chi connectivity index (χ1v) is 12.8. The molecule has 7 nitrogen and oxygen atoms in total. The van der Waals surface area contributed by atoms with Crippen molar-refractivity contribution in [2.45, 2.75) is 31.6 Å². The number of anilines is 1. The SMILES string of the molecule is CCCN(CCC(=O)Nc1nnc(-c2cccc(C)c2)s1)S(=O)(=O)c1ccc(Br)cc1. The largest absolute Gasteiger partial charge is 0.300 e. The van der Waals surface area contributed by atoms with Crippen LogP contribution in [0.25, 0.3) is 10.6 Å². The van der Waals surface area contributed by atoms with E-state index in [1.165, 1.54) is 15.6 Å². The summed E-state index contributed by atoms with van der Waals surface area (Å²) >= 11 is 4.59. The molecule has 1 N–H and O–H groups in total. The summed E-state index contributed by atoms with van der Waals surface area (Å²) in [4.78, 5) is 12.6. The van der Waals surface area contributed by atoms with E-state index in [1.807, 2.05) is 38.1 Å². The number of carbonyl (C=O) groups excluding carboxylic acids is 1. The monoisotopic (exact) mass is 522 g/mol. The fraction of sp³-hybridized carbons (Fsp3) is 0.286. The summed E-state index contributed by atoms with van der Waals surface area (Å²) in [5, 5.41) is 12.0. The summed E-state index contributed by atoms with van der Waals surface area (Å²) < 4.78 is 28.0. The minimum absolute atomic E-state index is 0.0229. The number of hydrogen-bond acceptors (Lipinski definition) is 6. The lowest BCUT2D eigenvalue weighted by molar-refractivity contribution is -0.116. The van der Waals surface area contributed by atoms with E-state index < -0.39 is 10.0 Å². The van der Waals surface area contributed by atoms with Crippen molar-refractivity contribution in [3.05, 3.63) is 58.6 Å². The second kappa shape index (κ2) is 10.4. The van der Waals surface area contributed by atoms with E-state index in [0.717, 1.165) is 15.6 Å².